The van der Waals surface area contributed by atoms with Gasteiger partial charge in [-0.15, -0.1) is 24.8 Å². The van der Waals surface area contributed by atoms with E-state index in [0.29, 0.717) is 24.9 Å². The lowest BCUT2D eigenvalue weighted by molar-refractivity contribution is -0.124. The van der Waals surface area contributed by atoms with Gasteiger partial charge in [0.1, 0.15) is 0 Å². The van der Waals surface area contributed by atoms with E-state index in [-0.39, 0.29) is 36.8 Å². The van der Waals surface area contributed by atoms with Crippen LogP contribution >= 0.6 is 24.8 Å². The van der Waals surface area contributed by atoms with Gasteiger partial charge in [0.2, 0.25) is 5.91 Å². The minimum absolute atomic E-state index is 0. The molecule has 0 bridgehead atoms. The van der Waals surface area contributed by atoms with E-state index in [0.717, 1.165) is 32.5 Å². The van der Waals surface area contributed by atoms with Crippen molar-refractivity contribution in [3.05, 3.63) is 0 Å². The fourth-order valence-corrected chi connectivity index (χ4v) is 2.53. The normalized spacial score (nSPS) is 17.8. The molecule has 1 aliphatic rings. The molecule has 1 amide bonds. The summed E-state index contributed by atoms with van der Waals surface area (Å²) in [5.41, 5.74) is 5.52. The van der Waals surface area contributed by atoms with Crippen molar-refractivity contribution in [1.29, 1.82) is 0 Å². The van der Waals surface area contributed by atoms with Crippen molar-refractivity contribution < 1.29 is 9.53 Å². The molecule has 5 nitrogen and oxygen atoms in total. The first kappa shape index (κ1) is 23.2. The van der Waals surface area contributed by atoms with Crippen molar-refractivity contribution in [3.63, 3.8) is 0 Å². The topological polar surface area (TPSA) is 67.6 Å². The van der Waals surface area contributed by atoms with Crippen LogP contribution < -0.4 is 11.1 Å². The Morgan fingerprint density at radius 1 is 1.33 bits per heavy atom. The summed E-state index contributed by atoms with van der Waals surface area (Å²) in [6, 6.07) is 0.311. The van der Waals surface area contributed by atoms with Gasteiger partial charge in [-0.05, 0) is 18.8 Å². The van der Waals surface area contributed by atoms with Gasteiger partial charge in [0.05, 0.1) is 12.5 Å². The van der Waals surface area contributed by atoms with E-state index in [1.165, 1.54) is 0 Å². The minimum atomic E-state index is -0.166. The molecule has 21 heavy (non-hydrogen) atoms. The lowest BCUT2D eigenvalue weighted by atomic mass is 10.0. The smallest absolute Gasteiger partial charge is 0.222 e. The monoisotopic (exact) mass is 343 g/mol. The molecule has 0 radical (unpaired) electrons. The molecule has 0 aromatic carbocycles. The SMILES string of the molecule is COC(CN)CC(=O)NC1CCN(CC(C)C)CC1.Cl.Cl. The highest BCUT2D eigenvalue weighted by Gasteiger charge is 2.21. The zero-order chi connectivity index (χ0) is 14.3. The molecule has 0 spiro atoms. The van der Waals surface area contributed by atoms with Crippen LogP contribution in [-0.4, -0.2) is 56.2 Å². The maximum Gasteiger partial charge on any atom is 0.222 e. The van der Waals surface area contributed by atoms with Crippen LogP contribution in [0, 0.1) is 5.92 Å². The van der Waals surface area contributed by atoms with Gasteiger partial charge in [-0.1, -0.05) is 13.8 Å². The molecular weight excluding hydrogens is 313 g/mol. The molecule has 0 saturated carbocycles. The number of nitrogens with one attached hydrogen (secondary N) is 1. The van der Waals surface area contributed by atoms with Gasteiger partial charge in [0.15, 0.2) is 0 Å². The molecule has 1 unspecified atom stereocenters. The summed E-state index contributed by atoms with van der Waals surface area (Å²) < 4.78 is 5.13. The summed E-state index contributed by atoms with van der Waals surface area (Å²) >= 11 is 0. The second kappa shape index (κ2) is 12.5. The van der Waals surface area contributed by atoms with Crippen LogP contribution in [0.3, 0.4) is 0 Å². The van der Waals surface area contributed by atoms with Crippen LogP contribution in [0.2, 0.25) is 0 Å². The molecule has 128 valence electrons. The van der Waals surface area contributed by atoms with E-state index in [2.05, 4.69) is 24.1 Å². The number of piperidine rings is 1. The number of nitrogens with zero attached hydrogens (tertiary/aromatic N) is 1. The average Bonchev–Trinajstić information content (AvgIpc) is 2.37. The molecule has 1 fully saturated rings. The van der Waals surface area contributed by atoms with Gasteiger partial charge in [-0.2, -0.15) is 0 Å². The Bertz CT molecular complexity index is 269. The predicted molar refractivity (Wildman–Crippen MR) is 91.4 cm³/mol. The Balaban J connectivity index is 0. The van der Waals surface area contributed by atoms with E-state index in [9.17, 15) is 4.79 Å². The van der Waals surface area contributed by atoms with Crippen molar-refractivity contribution in [3.8, 4) is 0 Å². The van der Waals surface area contributed by atoms with Crippen molar-refractivity contribution in [2.75, 3.05) is 33.3 Å². The Hall–Kier alpha value is -0.0700. The summed E-state index contributed by atoms with van der Waals surface area (Å²) in [5.74, 6) is 0.762. The number of carbonyl (C=O) groups is 1. The molecule has 1 heterocycles. The Morgan fingerprint density at radius 2 is 1.90 bits per heavy atom. The quantitative estimate of drug-likeness (QED) is 0.733. The van der Waals surface area contributed by atoms with Gasteiger partial charge in [0.25, 0.3) is 0 Å². The van der Waals surface area contributed by atoms with Crippen molar-refractivity contribution in [1.82, 2.24) is 10.2 Å². The maximum atomic E-state index is 11.8. The van der Waals surface area contributed by atoms with E-state index < -0.39 is 0 Å². The third-order valence-electron chi connectivity index (χ3n) is 3.59. The largest absolute Gasteiger partial charge is 0.380 e. The molecule has 0 aromatic heterocycles. The second-order valence-electron chi connectivity index (χ2n) is 5.83. The number of carbonyl (C=O) groups excluding carboxylic acids is 1. The summed E-state index contributed by atoms with van der Waals surface area (Å²) in [5, 5.41) is 3.09. The van der Waals surface area contributed by atoms with Gasteiger partial charge in [-0.25, -0.2) is 0 Å². The van der Waals surface area contributed by atoms with Crippen LogP contribution in [0.4, 0.5) is 0 Å². The zero-order valence-corrected chi connectivity index (χ0v) is 15.0. The fraction of sp³-hybridized carbons (Fsp3) is 0.929. The summed E-state index contributed by atoms with van der Waals surface area (Å²) in [4.78, 5) is 14.3. The summed E-state index contributed by atoms with van der Waals surface area (Å²) in [7, 11) is 1.59. The molecule has 0 aliphatic carbocycles. The number of rotatable bonds is 7. The molecular formula is C14H31Cl2N3O2. The van der Waals surface area contributed by atoms with Crippen LogP contribution in [0.5, 0.6) is 0 Å². The lowest BCUT2D eigenvalue weighted by Gasteiger charge is -2.33. The molecule has 0 aromatic rings. The first-order valence-electron chi connectivity index (χ1n) is 7.29. The third kappa shape index (κ3) is 9.53. The summed E-state index contributed by atoms with van der Waals surface area (Å²) in [6.07, 6.45) is 2.28. The number of ether oxygens (including phenoxy) is 1. The van der Waals surface area contributed by atoms with Gasteiger partial charge in [-0.3, -0.25) is 4.79 Å². The minimum Gasteiger partial charge on any atom is -0.380 e. The van der Waals surface area contributed by atoms with E-state index >= 15 is 0 Å². The number of hydrogen-bond donors (Lipinski definition) is 2. The highest BCUT2D eigenvalue weighted by atomic mass is 35.5. The number of methoxy groups -OCH3 is 1. The molecule has 1 saturated heterocycles. The Kier molecular flexibility index (Phi) is 13.8. The third-order valence-corrected chi connectivity index (χ3v) is 3.59. The summed E-state index contributed by atoms with van der Waals surface area (Å²) in [6.45, 7) is 8.18. The molecule has 3 N–H and O–H groups in total. The maximum absolute atomic E-state index is 11.8. The van der Waals surface area contributed by atoms with Crippen molar-refractivity contribution >= 4 is 30.7 Å². The van der Waals surface area contributed by atoms with Gasteiger partial charge >= 0.3 is 0 Å². The first-order chi connectivity index (χ1) is 9.05. The highest BCUT2D eigenvalue weighted by Crippen LogP contribution is 2.12. The van der Waals surface area contributed by atoms with Crippen LogP contribution in [0.25, 0.3) is 0 Å². The second-order valence-corrected chi connectivity index (χ2v) is 5.83. The van der Waals surface area contributed by atoms with Crippen molar-refractivity contribution in [2.24, 2.45) is 11.7 Å². The van der Waals surface area contributed by atoms with Gasteiger partial charge < -0.3 is 20.7 Å². The highest BCUT2D eigenvalue weighted by molar-refractivity contribution is 5.85. The number of amides is 1. The predicted octanol–water partition coefficient (Wildman–Crippen LogP) is 1.43. The van der Waals surface area contributed by atoms with Crippen molar-refractivity contribution in [2.45, 2.75) is 45.3 Å². The lowest BCUT2D eigenvalue weighted by Crippen LogP contribution is -2.46. The van der Waals surface area contributed by atoms with E-state index in [1.54, 1.807) is 7.11 Å². The number of hydrogen-bond acceptors (Lipinski definition) is 4. The van der Waals surface area contributed by atoms with Gasteiger partial charge in [0, 0.05) is 39.3 Å². The Labute approximate surface area is 141 Å². The van der Waals surface area contributed by atoms with E-state index in [4.69, 9.17) is 10.5 Å². The Morgan fingerprint density at radius 3 is 2.33 bits per heavy atom. The first-order valence-corrected chi connectivity index (χ1v) is 7.29. The molecule has 1 aliphatic heterocycles. The van der Waals surface area contributed by atoms with Crippen LogP contribution in [0.1, 0.15) is 33.1 Å². The average molecular weight is 344 g/mol. The fourth-order valence-electron chi connectivity index (χ4n) is 2.53. The molecule has 1 rings (SSSR count). The zero-order valence-electron chi connectivity index (χ0n) is 13.3. The standard InChI is InChI=1S/C14H29N3O2.2ClH/c1-11(2)10-17-6-4-12(5-7-17)16-14(18)8-13(9-15)19-3;;/h11-13H,4-10,15H2,1-3H3,(H,16,18);2*1H. The number of likely N-dealkylation sites (tertiary alicyclic amines) is 1. The number of halogens is 2. The molecule has 7 heteroatoms. The number of nitrogens with two attached hydrogens (primary N) is 1. The van der Waals surface area contributed by atoms with E-state index in [1.807, 2.05) is 0 Å². The van der Waals surface area contributed by atoms with Crippen LogP contribution in [-0.2, 0) is 9.53 Å². The molecule has 1 atom stereocenters. The van der Waals surface area contributed by atoms with Crippen LogP contribution in [0.15, 0.2) is 0 Å².